The van der Waals surface area contributed by atoms with Crippen molar-refractivity contribution in [3.8, 4) is 0 Å². The van der Waals surface area contributed by atoms with Gasteiger partial charge in [-0.05, 0) is 19.1 Å². The SMILES string of the molecule is CC1COCCN1Cc1cccc(CN)n1. The third-order valence-electron chi connectivity index (χ3n) is 2.94. The minimum atomic E-state index is 0.470. The Labute approximate surface area is 96.4 Å². The number of hydrogen-bond donors (Lipinski definition) is 1. The van der Waals surface area contributed by atoms with Gasteiger partial charge < -0.3 is 10.5 Å². The Balaban J connectivity index is 2.01. The molecule has 1 saturated heterocycles. The van der Waals surface area contributed by atoms with Crippen molar-refractivity contribution in [1.29, 1.82) is 0 Å². The summed E-state index contributed by atoms with van der Waals surface area (Å²) in [5.74, 6) is 0. The molecule has 2 heterocycles. The van der Waals surface area contributed by atoms with Crippen molar-refractivity contribution in [2.45, 2.75) is 26.1 Å². The predicted molar refractivity (Wildman–Crippen MR) is 62.8 cm³/mol. The molecule has 1 aromatic rings. The highest BCUT2D eigenvalue weighted by Crippen LogP contribution is 2.10. The molecule has 0 saturated carbocycles. The van der Waals surface area contributed by atoms with Gasteiger partial charge in [0, 0.05) is 25.7 Å². The molecule has 1 atom stereocenters. The van der Waals surface area contributed by atoms with E-state index in [2.05, 4.69) is 22.9 Å². The second-order valence-corrected chi connectivity index (χ2v) is 4.22. The largest absolute Gasteiger partial charge is 0.379 e. The number of rotatable bonds is 3. The van der Waals surface area contributed by atoms with Crippen molar-refractivity contribution in [3.05, 3.63) is 29.6 Å². The molecule has 2 N–H and O–H groups in total. The molecule has 1 fully saturated rings. The van der Waals surface area contributed by atoms with Crippen LogP contribution in [-0.4, -0.2) is 35.7 Å². The predicted octanol–water partition coefficient (Wildman–Crippen LogP) is 0.761. The number of aromatic nitrogens is 1. The van der Waals surface area contributed by atoms with Crippen LogP contribution in [0, 0.1) is 0 Å². The van der Waals surface area contributed by atoms with Crippen LogP contribution >= 0.6 is 0 Å². The molecule has 16 heavy (non-hydrogen) atoms. The van der Waals surface area contributed by atoms with Crippen molar-refractivity contribution in [1.82, 2.24) is 9.88 Å². The van der Waals surface area contributed by atoms with E-state index in [9.17, 15) is 0 Å². The summed E-state index contributed by atoms with van der Waals surface area (Å²) in [7, 11) is 0. The van der Waals surface area contributed by atoms with Crippen LogP contribution in [-0.2, 0) is 17.8 Å². The van der Waals surface area contributed by atoms with Gasteiger partial charge in [0.25, 0.3) is 0 Å². The molecule has 0 aliphatic carbocycles. The summed E-state index contributed by atoms with van der Waals surface area (Å²) < 4.78 is 5.41. The Morgan fingerprint density at radius 1 is 1.50 bits per heavy atom. The Kier molecular flexibility index (Phi) is 3.88. The molecule has 0 spiro atoms. The van der Waals surface area contributed by atoms with Crippen molar-refractivity contribution < 1.29 is 4.74 Å². The lowest BCUT2D eigenvalue weighted by Crippen LogP contribution is -2.43. The Bertz CT molecular complexity index is 343. The minimum Gasteiger partial charge on any atom is -0.379 e. The third kappa shape index (κ3) is 2.78. The lowest BCUT2D eigenvalue weighted by Gasteiger charge is -2.32. The first-order valence-corrected chi connectivity index (χ1v) is 5.76. The molecular weight excluding hydrogens is 202 g/mol. The summed E-state index contributed by atoms with van der Waals surface area (Å²) in [4.78, 5) is 6.91. The fraction of sp³-hybridized carbons (Fsp3) is 0.583. The summed E-state index contributed by atoms with van der Waals surface area (Å²) in [6.07, 6.45) is 0. The smallest absolute Gasteiger partial charge is 0.0619 e. The monoisotopic (exact) mass is 221 g/mol. The van der Waals surface area contributed by atoms with Crippen LogP contribution in [0.5, 0.6) is 0 Å². The van der Waals surface area contributed by atoms with Gasteiger partial charge in [-0.15, -0.1) is 0 Å². The maximum atomic E-state index is 5.58. The van der Waals surface area contributed by atoms with Gasteiger partial charge in [-0.2, -0.15) is 0 Å². The number of nitrogens with zero attached hydrogens (tertiary/aromatic N) is 2. The van der Waals surface area contributed by atoms with Crippen molar-refractivity contribution >= 4 is 0 Å². The number of morpholine rings is 1. The molecule has 0 aromatic carbocycles. The first-order chi connectivity index (χ1) is 7.79. The zero-order chi connectivity index (χ0) is 11.4. The van der Waals surface area contributed by atoms with E-state index in [-0.39, 0.29) is 0 Å². The molecule has 4 heteroatoms. The average Bonchev–Trinajstić information content (AvgIpc) is 2.32. The van der Waals surface area contributed by atoms with E-state index in [1.165, 1.54) is 0 Å². The molecule has 1 aliphatic heterocycles. The van der Waals surface area contributed by atoms with Crippen LogP contribution in [0.3, 0.4) is 0 Å². The third-order valence-corrected chi connectivity index (χ3v) is 2.94. The molecule has 1 aliphatic rings. The Morgan fingerprint density at radius 2 is 2.31 bits per heavy atom. The molecule has 4 nitrogen and oxygen atoms in total. The average molecular weight is 221 g/mol. The van der Waals surface area contributed by atoms with Gasteiger partial charge in [0.05, 0.1) is 24.6 Å². The Morgan fingerprint density at radius 3 is 3.06 bits per heavy atom. The van der Waals surface area contributed by atoms with Crippen LogP contribution in [0.25, 0.3) is 0 Å². The van der Waals surface area contributed by atoms with Gasteiger partial charge in [-0.25, -0.2) is 0 Å². The topological polar surface area (TPSA) is 51.4 Å². The molecule has 0 bridgehead atoms. The molecule has 88 valence electrons. The zero-order valence-electron chi connectivity index (χ0n) is 9.72. The number of hydrogen-bond acceptors (Lipinski definition) is 4. The van der Waals surface area contributed by atoms with E-state index < -0.39 is 0 Å². The highest BCUT2D eigenvalue weighted by atomic mass is 16.5. The molecule has 0 radical (unpaired) electrons. The van der Waals surface area contributed by atoms with Crippen molar-refractivity contribution in [2.24, 2.45) is 5.73 Å². The standard InChI is InChI=1S/C12H19N3O/c1-10-9-16-6-5-15(10)8-12-4-2-3-11(7-13)14-12/h2-4,10H,5-9,13H2,1H3. The lowest BCUT2D eigenvalue weighted by molar-refractivity contribution is -0.00492. The fourth-order valence-electron chi connectivity index (χ4n) is 1.94. The van der Waals surface area contributed by atoms with Crippen LogP contribution < -0.4 is 5.73 Å². The van der Waals surface area contributed by atoms with E-state index >= 15 is 0 Å². The Hall–Kier alpha value is -0.970. The molecule has 0 amide bonds. The first kappa shape index (κ1) is 11.5. The second-order valence-electron chi connectivity index (χ2n) is 4.22. The number of nitrogens with two attached hydrogens (primary N) is 1. The summed E-state index contributed by atoms with van der Waals surface area (Å²) in [5.41, 5.74) is 7.63. The first-order valence-electron chi connectivity index (χ1n) is 5.76. The summed E-state index contributed by atoms with van der Waals surface area (Å²) in [6, 6.07) is 6.51. The van der Waals surface area contributed by atoms with E-state index in [1.54, 1.807) is 0 Å². The minimum absolute atomic E-state index is 0.470. The van der Waals surface area contributed by atoms with Crippen LogP contribution in [0.2, 0.25) is 0 Å². The highest BCUT2D eigenvalue weighted by molar-refractivity contribution is 5.11. The summed E-state index contributed by atoms with van der Waals surface area (Å²) in [5, 5.41) is 0. The molecule has 1 aromatic heterocycles. The van der Waals surface area contributed by atoms with E-state index in [4.69, 9.17) is 10.5 Å². The van der Waals surface area contributed by atoms with Gasteiger partial charge in [0.1, 0.15) is 0 Å². The lowest BCUT2D eigenvalue weighted by atomic mass is 10.2. The van der Waals surface area contributed by atoms with Gasteiger partial charge in [0.2, 0.25) is 0 Å². The number of pyridine rings is 1. The van der Waals surface area contributed by atoms with E-state index in [0.717, 1.165) is 37.7 Å². The molecular formula is C12H19N3O. The van der Waals surface area contributed by atoms with Crippen molar-refractivity contribution in [3.63, 3.8) is 0 Å². The van der Waals surface area contributed by atoms with Gasteiger partial charge in [0.15, 0.2) is 0 Å². The van der Waals surface area contributed by atoms with Gasteiger partial charge >= 0.3 is 0 Å². The second kappa shape index (κ2) is 5.39. The maximum Gasteiger partial charge on any atom is 0.0619 e. The quantitative estimate of drug-likeness (QED) is 0.818. The van der Waals surface area contributed by atoms with E-state index in [0.29, 0.717) is 12.6 Å². The van der Waals surface area contributed by atoms with Crippen LogP contribution in [0.15, 0.2) is 18.2 Å². The summed E-state index contributed by atoms with van der Waals surface area (Å²) in [6.45, 7) is 6.20. The van der Waals surface area contributed by atoms with Gasteiger partial charge in [-0.1, -0.05) is 6.07 Å². The molecule has 1 unspecified atom stereocenters. The van der Waals surface area contributed by atoms with E-state index in [1.807, 2.05) is 12.1 Å². The zero-order valence-corrected chi connectivity index (χ0v) is 9.72. The number of ether oxygens (including phenoxy) is 1. The van der Waals surface area contributed by atoms with Crippen LogP contribution in [0.1, 0.15) is 18.3 Å². The van der Waals surface area contributed by atoms with Crippen molar-refractivity contribution in [2.75, 3.05) is 19.8 Å². The normalized spacial score (nSPS) is 22.2. The molecule has 2 rings (SSSR count). The highest BCUT2D eigenvalue weighted by Gasteiger charge is 2.18. The fourth-order valence-corrected chi connectivity index (χ4v) is 1.94. The van der Waals surface area contributed by atoms with Crippen LogP contribution in [0.4, 0.5) is 0 Å². The van der Waals surface area contributed by atoms with Gasteiger partial charge in [-0.3, -0.25) is 9.88 Å². The maximum absolute atomic E-state index is 5.58. The summed E-state index contributed by atoms with van der Waals surface area (Å²) >= 11 is 0.